The number of carbonyl (C=O) groups is 4. The summed E-state index contributed by atoms with van der Waals surface area (Å²) in [6.45, 7) is 6.90. The van der Waals surface area contributed by atoms with E-state index in [1.54, 1.807) is 68.4 Å². The number of esters is 4. The molecule has 0 amide bonds. The third-order valence-electron chi connectivity index (χ3n) is 5.02. The summed E-state index contributed by atoms with van der Waals surface area (Å²) < 4.78 is 21.4. The summed E-state index contributed by atoms with van der Waals surface area (Å²) in [4.78, 5) is 53.6. The molecule has 0 radical (unpaired) electrons. The van der Waals surface area contributed by atoms with Crippen LogP contribution in [0, 0.1) is 5.41 Å². The van der Waals surface area contributed by atoms with Crippen molar-refractivity contribution in [1.29, 1.82) is 0 Å². The molecule has 0 aromatic heterocycles. The van der Waals surface area contributed by atoms with E-state index >= 15 is 0 Å². The molecule has 37 heavy (non-hydrogen) atoms. The molecular formula is C29H26O8. The van der Waals surface area contributed by atoms with Gasteiger partial charge in [-0.3, -0.25) is 0 Å². The molecule has 0 aliphatic carbocycles. The fourth-order valence-corrected chi connectivity index (χ4v) is 3.20. The van der Waals surface area contributed by atoms with Gasteiger partial charge < -0.3 is 18.9 Å². The van der Waals surface area contributed by atoms with E-state index in [0.717, 1.165) is 0 Å². The summed E-state index contributed by atoms with van der Waals surface area (Å²) in [6, 6.07) is 23.5. The Morgan fingerprint density at radius 2 is 0.973 bits per heavy atom. The summed E-state index contributed by atoms with van der Waals surface area (Å²) in [5, 5.41) is 0. The van der Waals surface area contributed by atoms with Crippen LogP contribution in [0.2, 0.25) is 0 Å². The number of hydrogen-bond donors (Lipinski definition) is 0. The average molecular weight is 503 g/mol. The van der Waals surface area contributed by atoms with Gasteiger partial charge >= 0.3 is 23.9 Å². The van der Waals surface area contributed by atoms with Crippen LogP contribution in [0.25, 0.3) is 0 Å². The fraction of sp³-hybridized carbons (Fsp3) is 0.172. The molecule has 8 nitrogen and oxygen atoms in total. The number of para-hydroxylation sites is 3. The van der Waals surface area contributed by atoms with E-state index in [-0.39, 0.29) is 22.8 Å². The van der Waals surface area contributed by atoms with E-state index in [1.807, 2.05) is 0 Å². The molecule has 0 bridgehead atoms. The third-order valence-corrected chi connectivity index (χ3v) is 5.02. The van der Waals surface area contributed by atoms with Gasteiger partial charge in [0.1, 0.15) is 17.2 Å². The van der Waals surface area contributed by atoms with Crippen molar-refractivity contribution in [3.63, 3.8) is 0 Å². The second kappa shape index (κ2) is 12.3. The Kier molecular flexibility index (Phi) is 8.94. The van der Waals surface area contributed by atoms with Crippen molar-refractivity contribution < 1.29 is 38.1 Å². The van der Waals surface area contributed by atoms with Crippen LogP contribution in [0.1, 0.15) is 20.3 Å². The van der Waals surface area contributed by atoms with Crippen molar-refractivity contribution in [1.82, 2.24) is 0 Å². The molecule has 0 fully saturated rings. The lowest BCUT2D eigenvalue weighted by molar-refractivity contribution is -0.171. The largest absolute Gasteiger partial charge is 0.460 e. The molecule has 3 aromatic rings. The molecule has 3 rings (SSSR count). The quantitative estimate of drug-likeness (QED) is 0.170. The van der Waals surface area contributed by atoms with E-state index in [9.17, 15) is 19.2 Å². The first-order chi connectivity index (χ1) is 17.7. The normalized spacial score (nSPS) is 10.8. The van der Waals surface area contributed by atoms with E-state index in [0.29, 0.717) is 0 Å². The summed E-state index contributed by atoms with van der Waals surface area (Å²) in [5.41, 5.74) is -3.08. The number of ether oxygens (including phenoxy) is 4. The summed E-state index contributed by atoms with van der Waals surface area (Å²) in [7, 11) is 0. The predicted octanol–water partition coefficient (Wildman–Crippen LogP) is 4.69. The van der Waals surface area contributed by atoms with Gasteiger partial charge in [0.05, 0.1) is 6.10 Å². The van der Waals surface area contributed by atoms with Crippen molar-refractivity contribution in [3.8, 4) is 17.2 Å². The van der Waals surface area contributed by atoms with Crippen LogP contribution < -0.4 is 14.2 Å². The zero-order valence-corrected chi connectivity index (χ0v) is 20.4. The molecule has 0 aliphatic rings. The first-order valence-electron chi connectivity index (χ1n) is 11.4. The minimum Gasteiger partial charge on any atom is -0.460 e. The highest BCUT2D eigenvalue weighted by atomic mass is 16.6. The van der Waals surface area contributed by atoms with Gasteiger partial charge in [-0.05, 0) is 50.2 Å². The number of rotatable bonds is 10. The van der Waals surface area contributed by atoms with E-state index in [4.69, 9.17) is 18.9 Å². The Morgan fingerprint density at radius 1 is 0.649 bits per heavy atom. The maximum Gasteiger partial charge on any atom is 0.340 e. The van der Waals surface area contributed by atoms with Crippen LogP contribution in [0.15, 0.2) is 103 Å². The highest BCUT2D eigenvalue weighted by Gasteiger charge is 2.59. The SMILES string of the molecule is C=C(CC(C(=O)Oc1ccccc1)(C(=O)Oc1ccccc1)C(=O)Oc1ccccc1)C(=O)OC(C)C. The molecule has 0 heterocycles. The van der Waals surface area contributed by atoms with Crippen molar-refractivity contribution in [2.24, 2.45) is 5.41 Å². The Morgan fingerprint density at radius 3 is 1.27 bits per heavy atom. The van der Waals surface area contributed by atoms with Crippen LogP contribution in [0.3, 0.4) is 0 Å². The Hall–Kier alpha value is -4.72. The molecule has 0 aliphatic heterocycles. The highest BCUT2D eigenvalue weighted by molar-refractivity contribution is 6.20. The van der Waals surface area contributed by atoms with Gasteiger partial charge in [-0.25, -0.2) is 19.2 Å². The molecule has 0 saturated carbocycles. The summed E-state index contributed by atoms with van der Waals surface area (Å²) >= 11 is 0. The smallest absolute Gasteiger partial charge is 0.340 e. The molecular weight excluding hydrogens is 476 g/mol. The maximum atomic E-state index is 13.7. The number of carbonyl (C=O) groups excluding carboxylic acids is 4. The molecule has 3 aromatic carbocycles. The first kappa shape index (κ1) is 26.9. The number of hydrogen-bond acceptors (Lipinski definition) is 8. The second-order valence-corrected chi connectivity index (χ2v) is 8.25. The van der Waals surface area contributed by atoms with E-state index < -0.39 is 41.8 Å². The summed E-state index contributed by atoms with van der Waals surface area (Å²) in [6.07, 6.45) is -1.32. The van der Waals surface area contributed by atoms with E-state index in [1.165, 1.54) is 36.4 Å². The third kappa shape index (κ3) is 6.91. The topological polar surface area (TPSA) is 105 Å². The van der Waals surface area contributed by atoms with Crippen LogP contribution in [-0.2, 0) is 23.9 Å². The van der Waals surface area contributed by atoms with Crippen molar-refractivity contribution in [3.05, 3.63) is 103 Å². The Bertz CT molecular complexity index is 1120. The van der Waals surface area contributed by atoms with Gasteiger partial charge in [0.15, 0.2) is 0 Å². The van der Waals surface area contributed by atoms with Crippen molar-refractivity contribution in [2.45, 2.75) is 26.4 Å². The molecule has 190 valence electrons. The lowest BCUT2D eigenvalue weighted by atomic mass is 9.81. The van der Waals surface area contributed by atoms with Gasteiger partial charge in [-0.1, -0.05) is 61.2 Å². The molecule has 0 N–H and O–H groups in total. The van der Waals surface area contributed by atoms with Crippen LogP contribution in [-0.4, -0.2) is 30.0 Å². The summed E-state index contributed by atoms with van der Waals surface area (Å²) in [5.74, 6) is -4.63. The van der Waals surface area contributed by atoms with Crippen LogP contribution in [0.5, 0.6) is 17.2 Å². The fourth-order valence-electron chi connectivity index (χ4n) is 3.20. The van der Waals surface area contributed by atoms with Gasteiger partial charge in [0.2, 0.25) is 0 Å². The second-order valence-electron chi connectivity index (χ2n) is 8.25. The molecule has 0 unspecified atom stereocenters. The molecule has 0 spiro atoms. The minimum absolute atomic E-state index is 0.0623. The maximum absolute atomic E-state index is 13.7. The first-order valence-corrected chi connectivity index (χ1v) is 11.4. The predicted molar refractivity (Wildman–Crippen MR) is 134 cm³/mol. The van der Waals surface area contributed by atoms with Gasteiger partial charge in [0.25, 0.3) is 5.41 Å². The lowest BCUT2D eigenvalue weighted by Crippen LogP contribution is -2.53. The number of benzene rings is 3. The van der Waals surface area contributed by atoms with Crippen LogP contribution in [0.4, 0.5) is 0 Å². The van der Waals surface area contributed by atoms with Crippen molar-refractivity contribution >= 4 is 23.9 Å². The van der Waals surface area contributed by atoms with Gasteiger partial charge in [-0.2, -0.15) is 0 Å². The highest BCUT2D eigenvalue weighted by Crippen LogP contribution is 2.34. The minimum atomic E-state index is -2.76. The molecule has 8 heteroatoms. The molecule has 0 atom stereocenters. The zero-order chi connectivity index (χ0) is 26.8. The zero-order valence-electron chi connectivity index (χ0n) is 20.4. The van der Waals surface area contributed by atoms with Crippen molar-refractivity contribution in [2.75, 3.05) is 0 Å². The van der Waals surface area contributed by atoms with Gasteiger partial charge in [0, 0.05) is 12.0 Å². The van der Waals surface area contributed by atoms with Gasteiger partial charge in [-0.15, -0.1) is 0 Å². The van der Waals surface area contributed by atoms with E-state index in [2.05, 4.69) is 6.58 Å². The average Bonchev–Trinajstić information content (AvgIpc) is 2.88. The Balaban J connectivity index is 2.09. The monoisotopic (exact) mass is 502 g/mol. The Labute approximate surface area is 214 Å². The molecule has 0 saturated heterocycles. The standard InChI is InChI=1S/C29H26O8/c1-20(2)34-25(30)21(3)19-29(26(31)35-22-13-7-4-8-14-22,27(32)36-23-15-9-5-10-16-23)28(33)37-24-17-11-6-12-18-24/h4-18,20H,3,19H2,1-2H3. The van der Waals surface area contributed by atoms with Crippen LogP contribution >= 0.6 is 0 Å². The lowest BCUT2D eigenvalue weighted by Gasteiger charge is -2.27.